The van der Waals surface area contributed by atoms with Gasteiger partial charge in [-0.3, -0.25) is 13.9 Å². The molecule has 0 radical (unpaired) electrons. The third-order valence-corrected chi connectivity index (χ3v) is 5.75. The van der Waals surface area contributed by atoms with Crippen LogP contribution >= 0.6 is 0 Å². The molecular weight excluding hydrogens is 348 g/mol. The standard InChI is InChI=1S/C20H32N2O5/c1-14-12-22(18-11-16(24)17(13-23)27-18)20(26)21(19(14)25)10-6-4-2-3-5-7-15-8-9-15/h12,15-18,23-24H,2-11,13H2,1H3/t16-,17+,18+/m0/s1. The number of ether oxygens (including phenoxy) is 1. The summed E-state index contributed by atoms with van der Waals surface area (Å²) in [5.41, 5.74) is -0.193. The van der Waals surface area contributed by atoms with E-state index in [0.29, 0.717) is 12.1 Å². The second kappa shape index (κ2) is 9.17. The summed E-state index contributed by atoms with van der Waals surface area (Å²) in [5.74, 6) is 0.982. The molecule has 3 atom stereocenters. The monoisotopic (exact) mass is 380 g/mol. The number of aryl methyl sites for hydroxylation is 1. The van der Waals surface area contributed by atoms with E-state index in [4.69, 9.17) is 4.74 Å². The zero-order chi connectivity index (χ0) is 19.4. The highest BCUT2D eigenvalue weighted by atomic mass is 16.5. The molecule has 0 amide bonds. The van der Waals surface area contributed by atoms with E-state index in [-0.39, 0.29) is 18.6 Å². The zero-order valence-corrected chi connectivity index (χ0v) is 16.2. The molecule has 0 bridgehead atoms. The van der Waals surface area contributed by atoms with Gasteiger partial charge in [-0.1, -0.05) is 44.9 Å². The van der Waals surface area contributed by atoms with Crippen molar-refractivity contribution < 1.29 is 14.9 Å². The number of nitrogens with zero attached hydrogens (tertiary/aromatic N) is 2. The Labute approximate surface area is 159 Å². The third-order valence-electron chi connectivity index (χ3n) is 5.75. The van der Waals surface area contributed by atoms with Gasteiger partial charge in [-0.15, -0.1) is 0 Å². The minimum Gasteiger partial charge on any atom is -0.394 e. The fraction of sp³-hybridized carbons (Fsp3) is 0.800. The molecule has 2 aliphatic rings. The first-order valence-electron chi connectivity index (χ1n) is 10.3. The first kappa shape index (κ1) is 20.3. The SMILES string of the molecule is Cc1cn([C@H]2C[C@H](O)[C@@H](CO)O2)c(=O)n(CCCCCCCC2CC2)c1=O. The second-order valence-corrected chi connectivity index (χ2v) is 8.07. The van der Waals surface area contributed by atoms with Gasteiger partial charge >= 0.3 is 5.69 Å². The maximum atomic E-state index is 12.8. The largest absolute Gasteiger partial charge is 0.394 e. The number of aromatic nitrogens is 2. The van der Waals surface area contributed by atoms with Crippen molar-refractivity contribution in [2.45, 2.75) is 89.7 Å². The van der Waals surface area contributed by atoms with Crippen LogP contribution in [-0.4, -0.2) is 38.2 Å². The van der Waals surface area contributed by atoms with Crippen molar-refractivity contribution in [3.8, 4) is 0 Å². The molecule has 1 saturated carbocycles. The fourth-order valence-corrected chi connectivity index (χ4v) is 3.85. The van der Waals surface area contributed by atoms with Crippen LogP contribution in [0.4, 0.5) is 0 Å². The van der Waals surface area contributed by atoms with Gasteiger partial charge in [0, 0.05) is 24.7 Å². The van der Waals surface area contributed by atoms with Crippen molar-refractivity contribution >= 4 is 0 Å². The Kier molecular flexibility index (Phi) is 6.89. The van der Waals surface area contributed by atoms with Gasteiger partial charge in [0.05, 0.1) is 12.7 Å². The van der Waals surface area contributed by atoms with Gasteiger partial charge in [-0.25, -0.2) is 4.79 Å². The van der Waals surface area contributed by atoms with E-state index in [1.807, 2.05) is 0 Å². The predicted octanol–water partition coefficient (Wildman–Crippen LogP) is 1.71. The Bertz CT molecular complexity index is 737. The molecule has 2 N–H and O–H groups in total. The minimum atomic E-state index is -0.816. The Hall–Kier alpha value is -1.44. The van der Waals surface area contributed by atoms with E-state index in [1.54, 1.807) is 6.92 Å². The van der Waals surface area contributed by atoms with Crippen LogP contribution in [0.3, 0.4) is 0 Å². The van der Waals surface area contributed by atoms with Crippen LogP contribution in [0, 0.1) is 12.8 Å². The molecule has 2 fully saturated rings. The highest BCUT2D eigenvalue weighted by molar-refractivity contribution is 5.04. The molecule has 7 nitrogen and oxygen atoms in total. The van der Waals surface area contributed by atoms with Gasteiger partial charge in [0.15, 0.2) is 0 Å². The molecular formula is C20H32N2O5. The molecule has 1 saturated heterocycles. The number of rotatable bonds is 10. The van der Waals surface area contributed by atoms with Crippen LogP contribution < -0.4 is 11.2 Å². The quantitative estimate of drug-likeness (QED) is 0.603. The molecule has 1 aliphatic carbocycles. The van der Waals surface area contributed by atoms with E-state index in [9.17, 15) is 19.8 Å². The summed E-state index contributed by atoms with van der Waals surface area (Å²) < 4.78 is 8.24. The summed E-state index contributed by atoms with van der Waals surface area (Å²) in [6.45, 7) is 1.79. The van der Waals surface area contributed by atoms with Crippen LogP contribution in [0.15, 0.2) is 15.8 Å². The lowest BCUT2D eigenvalue weighted by molar-refractivity contribution is -0.0464. The predicted molar refractivity (Wildman–Crippen MR) is 102 cm³/mol. The van der Waals surface area contributed by atoms with E-state index in [1.165, 1.54) is 47.4 Å². The summed E-state index contributed by atoms with van der Waals surface area (Å²) in [6, 6.07) is 0. The summed E-state index contributed by atoms with van der Waals surface area (Å²) in [5, 5.41) is 19.2. The Morgan fingerprint density at radius 1 is 1.15 bits per heavy atom. The molecule has 1 aromatic rings. The van der Waals surface area contributed by atoms with Crippen molar-refractivity contribution in [2.24, 2.45) is 5.92 Å². The number of hydrogen-bond acceptors (Lipinski definition) is 5. The molecule has 1 aliphatic heterocycles. The van der Waals surface area contributed by atoms with Crippen LogP contribution in [0.1, 0.15) is 69.6 Å². The van der Waals surface area contributed by atoms with Crippen molar-refractivity contribution in [1.82, 2.24) is 9.13 Å². The van der Waals surface area contributed by atoms with Crippen LogP contribution in [0.25, 0.3) is 0 Å². The van der Waals surface area contributed by atoms with Crippen LogP contribution in [0.5, 0.6) is 0 Å². The molecule has 152 valence electrons. The number of unbranched alkanes of at least 4 members (excludes halogenated alkanes) is 4. The highest BCUT2D eigenvalue weighted by Crippen LogP contribution is 2.34. The molecule has 3 rings (SSSR count). The topological polar surface area (TPSA) is 93.7 Å². The Morgan fingerprint density at radius 3 is 2.52 bits per heavy atom. The molecule has 27 heavy (non-hydrogen) atoms. The lowest BCUT2D eigenvalue weighted by Crippen LogP contribution is -2.42. The molecule has 0 spiro atoms. The summed E-state index contributed by atoms with van der Waals surface area (Å²) in [4.78, 5) is 25.2. The maximum Gasteiger partial charge on any atom is 0.333 e. The van der Waals surface area contributed by atoms with E-state index >= 15 is 0 Å². The first-order valence-corrected chi connectivity index (χ1v) is 10.3. The van der Waals surface area contributed by atoms with Gasteiger partial charge in [0.25, 0.3) is 5.56 Å². The normalized spacial score (nSPS) is 25.2. The molecule has 0 aromatic carbocycles. The second-order valence-electron chi connectivity index (χ2n) is 8.07. The van der Waals surface area contributed by atoms with Crippen molar-refractivity contribution in [2.75, 3.05) is 6.61 Å². The molecule has 7 heteroatoms. The Balaban J connectivity index is 1.58. The smallest absolute Gasteiger partial charge is 0.333 e. The fourth-order valence-electron chi connectivity index (χ4n) is 3.85. The van der Waals surface area contributed by atoms with E-state index < -0.39 is 24.1 Å². The maximum absolute atomic E-state index is 12.8. The molecule has 2 heterocycles. The summed E-state index contributed by atoms with van der Waals surface area (Å²) >= 11 is 0. The number of aliphatic hydroxyl groups excluding tert-OH is 2. The van der Waals surface area contributed by atoms with Crippen molar-refractivity contribution in [1.29, 1.82) is 0 Å². The molecule has 0 unspecified atom stereocenters. The minimum absolute atomic E-state index is 0.226. The third kappa shape index (κ3) is 5.09. The lowest BCUT2D eigenvalue weighted by atomic mass is 10.1. The average molecular weight is 380 g/mol. The summed E-state index contributed by atoms with van der Waals surface area (Å²) in [6.07, 6.45) is 9.17. The molecule has 1 aromatic heterocycles. The van der Waals surface area contributed by atoms with Crippen LogP contribution in [0.2, 0.25) is 0 Å². The zero-order valence-electron chi connectivity index (χ0n) is 16.2. The van der Waals surface area contributed by atoms with Crippen molar-refractivity contribution in [3.05, 3.63) is 32.6 Å². The Morgan fingerprint density at radius 2 is 1.85 bits per heavy atom. The highest BCUT2D eigenvalue weighted by Gasteiger charge is 2.35. The first-order chi connectivity index (χ1) is 13.0. The average Bonchev–Trinajstić information content (AvgIpc) is 3.40. The van der Waals surface area contributed by atoms with Crippen molar-refractivity contribution in [3.63, 3.8) is 0 Å². The van der Waals surface area contributed by atoms with E-state index in [2.05, 4.69) is 0 Å². The van der Waals surface area contributed by atoms with Gasteiger partial charge in [0.1, 0.15) is 12.3 Å². The lowest BCUT2D eigenvalue weighted by Gasteiger charge is -2.17. The number of hydrogen-bond donors (Lipinski definition) is 2. The van der Waals surface area contributed by atoms with Gasteiger partial charge in [-0.05, 0) is 19.3 Å². The van der Waals surface area contributed by atoms with E-state index in [0.717, 1.165) is 25.2 Å². The van der Waals surface area contributed by atoms with Gasteiger partial charge in [-0.2, -0.15) is 0 Å². The van der Waals surface area contributed by atoms with Gasteiger partial charge < -0.3 is 14.9 Å². The number of aliphatic hydroxyl groups is 2. The van der Waals surface area contributed by atoms with Gasteiger partial charge in [0.2, 0.25) is 0 Å². The summed E-state index contributed by atoms with van der Waals surface area (Å²) in [7, 11) is 0. The van der Waals surface area contributed by atoms with Crippen LogP contribution in [-0.2, 0) is 11.3 Å².